The summed E-state index contributed by atoms with van der Waals surface area (Å²) in [5.74, 6) is -0.404. The van der Waals surface area contributed by atoms with Crippen LogP contribution < -0.4 is 0 Å². The van der Waals surface area contributed by atoms with E-state index in [0.717, 1.165) is 15.8 Å². The second-order valence-corrected chi connectivity index (χ2v) is 4.98. The van der Waals surface area contributed by atoms with Crippen molar-refractivity contribution in [2.75, 3.05) is 0 Å². The molecule has 7 heteroatoms. The SMILES string of the molecule is Cc1c(C(=O)c2cnn(C)c2O)ccc2snnc12. The second kappa shape index (κ2) is 4.13. The summed E-state index contributed by atoms with van der Waals surface area (Å²) in [5.41, 5.74) is 2.18. The summed E-state index contributed by atoms with van der Waals surface area (Å²) in [6.45, 7) is 1.82. The van der Waals surface area contributed by atoms with Crippen LogP contribution in [0.1, 0.15) is 21.5 Å². The molecule has 0 saturated carbocycles. The van der Waals surface area contributed by atoms with Crippen LogP contribution in [0.5, 0.6) is 5.88 Å². The van der Waals surface area contributed by atoms with Gasteiger partial charge in [-0.15, -0.1) is 5.10 Å². The van der Waals surface area contributed by atoms with Crippen LogP contribution in [0.4, 0.5) is 0 Å². The number of hydrogen-bond donors (Lipinski definition) is 1. The van der Waals surface area contributed by atoms with Crippen molar-refractivity contribution in [2.24, 2.45) is 7.05 Å². The lowest BCUT2D eigenvalue weighted by Crippen LogP contribution is -2.03. The Labute approximate surface area is 112 Å². The fourth-order valence-electron chi connectivity index (χ4n) is 1.96. The predicted octanol–water partition coefficient (Wildman–Crippen LogP) is 1.67. The first-order valence-corrected chi connectivity index (χ1v) is 6.34. The smallest absolute Gasteiger partial charge is 0.220 e. The highest BCUT2D eigenvalue weighted by Crippen LogP contribution is 2.26. The Morgan fingerprint density at radius 1 is 1.37 bits per heavy atom. The zero-order valence-electron chi connectivity index (χ0n) is 10.3. The highest BCUT2D eigenvalue weighted by atomic mass is 32.1. The Bertz CT molecular complexity index is 790. The minimum absolute atomic E-state index is 0.138. The standard InChI is InChI=1S/C12H10N4O2S/c1-6-7(3-4-9-10(6)14-15-19-9)11(17)8-5-13-16(2)12(8)18/h3-5,18H,1-2H3. The number of aryl methyl sites for hydroxylation is 2. The van der Waals surface area contributed by atoms with E-state index >= 15 is 0 Å². The number of aromatic hydroxyl groups is 1. The van der Waals surface area contributed by atoms with E-state index in [1.54, 1.807) is 13.1 Å². The monoisotopic (exact) mass is 274 g/mol. The molecule has 3 rings (SSSR count). The summed E-state index contributed by atoms with van der Waals surface area (Å²) >= 11 is 1.29. The molecule has 0 aliphatic rings. The molecule has 0 amide bonds. The highest BCUT2D eigenvalue weighted by molar-refractivity contribution is 7.12. The van der Waals surface area contributed by atoms with Gasteiger partial charge in [0.15, 0.2) is 5.78 Å². The minimum atomic E-state index is -0.266. The first-order valence-electron chi connectivity index (χ1n) is 5.57. The van der Waals surface area contributed by atoms with Gasteiger partial charge in [0.2, 0.25) is 5.88 Å². The second-order valence-electron chi connectivity index (χ2n) is 4.19. The lowest BCUT2D eigenvalue weighted by atomic mass is 10.0. The summed E-state index contributed by atoms with van der Waals surface area (Å²) in [4.78, 5) is 12.4. The number of hydrogen-bond acceptors (Lipinski definition) is 6. The van der Waals surface area contributed by atoms with Crippen LogP contribution >= 0.6 is 11.5 Å². The molecule has 0 aliphatic heterocycles. The lowest BCUT2D eigenvalue weighted by molar-refractivity contribution is 0.103. The van der Waals surface area contributed by atoms with Gasteiger partial charge in [0.25, 0.3) is 0 Å². The molecule has 96 valence electrons. The fraction of sp³-hybridized carbons (Fsp3) is 0.167. The van der Waals surface area contributed by atoms with Crippen molar-refractivity contribution in [3.05, 3.63) is 35.0 Å². The molecule has 19 heavy (non-hydrogen) atoms. The molecule has 0 fully saturated rings. The van der Waals surface area contributed by atoms with Crippen molar-refractivity contribution in [2.45, 2.75) is 6.92 Å². The maximum Gasteiger partial charge on any atom is 0.220 e. The summed E-state index contributed by atoms with van der Waals surface area (Å²) in [5, 5.41) is 17.7. The van der Waals surface area contributed by atoms with Gasteiger partial charge in [-0.3, -0.25) is 4.79 Å². The molecule has 0 unspecified atom stereocenters. The maximum atomic E-state index is 12.4. The normalized spacial score (nSPS) is 11.1. The van der Waals surface area contributed by atoms with Gasteiger partial charge in [0.05, 0.1) is 10.9 Å². The number of aromatic nitrogens is 4. The molecular weight excluding hydrogens is 264 g/mol. The number of carbonyl (C=O) groups is 1. The van der Waals surface area contributed by atoms with Gasteiger partial charge < -0.3 is 5.11 Å². The van der Waals surface area contributed by atoms with Crippen molar-refractivity contribution in [1.82, 2.24) is 19.4 Å². The molecule has 0 saturated heterocycles. The number of benzene rings is 1. The van der Waals surface area contributed by atoms with E-state index in [1.165, 1.54) is 22.4 Å². The van der Waals surface area contributed by atoms with Gasteiger partial charge in [-0.05, 0) is 36.2 Å². The van der Waals surface area contributed by atoms with E-state index in [1.807, 2.05) is 13.0 Å². The third-order valence-electron chi connectivity index (χ3n) is 3.07. The lowest BCUT2D eigenvalue weighted by Gasteiger charge is -2.04. The molecule has 0 atom stereocenters. The first kappa shape index (κ1) is 11.8. The Hall–Kier alpha value is -2.28. The third-order valence-corrected chi connectivity index (χ3v) is 3.76. The van der Waals surface area contributed by atoms with Gasteiger partial charge in [-0.1, -0.05) is 4.49 Å². The molecule has 2 heterocycles. The number of carbonyl (C=O) groups excluding carboxylic acids is 1. The zero-order valence-corrected chi connectivity index (χ0v) is 11.1. The van der Waals surface area contributed by atoms with Crippen molar-refractivity contribution < 1.29 is 9.90 Å². The Morgan fingerprint density at radius 2 is 2.16 bits per heavy atom. The molecule has 3 aromatic rings. The van der Waals surface area contributed by atoms with Crippen molar-refractivity contribution >= 4 is 27.5 Å². The van der Waals surface area contributed by atoms with E-state index in [2.05, 4.69) is 14.7 Å². The number of fused-ring (bicyclic) bond motifs is 1. The molecule has 6 nitrogen and oxygen atoms in total. The minimum Gasteiger partial charge on any atom is -0.493 e. The number of nitrogens with zero attached hydrogens (tertiary/aromatic N) is 4. The van der Waals surface area contributed by atoms with Crippen LogP contribution in [0.3, 0.4) is 0 Å². The van der Waals surface area contributed by atoms with E-state index in [-0.39, 0.29) is 17.2 Å². The van der Waals surface area contributed by atoms with Gasteiger partial charge in [-0.2, -0.15) is 5.10 Å². The Morgan fingerprint density at radius 3 is 2.84 bits per heavy atom. The Balaban J connectivity index is 2.16. The fourth-order valence-corrected chi connectivity index (χ4v) is 2.58. The average molecular weight is 274 g/mol. The molecule has 0 radical (unpaired) electrons. The maximum absolute atomic E-state index is 12.4. The number of ketones is 1. The van der Waals surface area contributed by atoms with Crippen molar-refractivity contribution in [1.29, 1.82) is 0 Å². The topological polar surface area (TPSA) is 80.9 Å². The van der Waals surface area contributed by atoms with Crippen LogP contribution in [-0.2, 0) is 7.05 Å². The van der Waals surface area contributed by atoms with E-state index in [0.29, 0.717) is 5.56 Å². The molecule has 1 aromatic carbocycles. The van der Waals surface area contributed by atoms with Crippen LogP contribution in [-0.4, -0.2) is 30.3 Å². The van der Waals surface area contributed by atoms with E-state index in [4.69, 9.17) is 0 Å². The van der Waals surface area contributed by atoms with Crippen molar-refractivity contribution in [3.63, 3.8) is 0 Å². The summed E-state index contributed by atoms with van der Waals surface area (Å²) in [6, 6.07) is 3.54. The summed E-state index contributed by atoms with van der Waals surface area (Å²) in [6.07, 6.45) is 1.36. The largest absolute Gasteiger partial charge is 0.493 e. The van der Waals surface area contributed by atoms with Gasteiger partial charge >= 0.3 is 0 Å². The molecule has 0 spiro atoms. The van der Waals surface area contributed by atoms with Crippen LogP contribution in [0, 0.1) is 6.92 Å². The van der Waals surface area contributed by atoms with Crippen LogP contribution in [0.2, 0.25) is 0 Å². The Kier molecular flexibility index (Phi) is 2.56. The predicted molar refractivity (Wildman–Crippen MR) is 70.5 cm³/mol. The molecule has 1 N–H and O–H groups in total. The van der Waals surface area contributed by atoms with Gasteiger partial charge in [0.1, 0.15) is 11.1 Å². The van der Waals surface area contributed by atoms with E-state index in [9.17, 15) is 9.90 Å². The molecule has 0 aliphatic carbocycles. The number of rotatable bonds is 2. The molecular formula is C12H10N4O2S. The van der Waals surface area contributed by atoms with E-state index < -0.39 is 0 Å². The molecule has 0 bridgehead atoms. The van der Waals surface area contributed by atoms with Crippen molar-refractivity contribution in [3.8, 4) is 5.88 Å². The summed E-state index contributed by atoms with van der Waals surface area (Å²) < 4.78 is 6.06. The van der Waals surface area contributed by atoms with Gasteiger partial charge in [0, 0.05) is 12.6 Å². The average Bonchev–Trinajstić information content (AvgIpc) is 2.98. The third kappa shape index (κ3) is 1.70. The first-order chi connectivity index (χ1) is 9.09. The molecule has 2 aromatic heterocycles. The van der Waals surface area contributed by atoms with Crippen LogP contribution in [0.25, 0.3) is 10.2 Å². The zero-order chi connectivity index (χ0) is 13.6. The summed E-state index contributed by atoms with van der Waals surface area (Å²) in [7, 11) is 1.58. The quantitative estimate of drug-likeness (QED) is 0.719. The van der Waals surface area contributed by atoms with Gasteiger partial charge in [-0.25, -0.2) is 4.68 Å². The van der Waals surface area contributed by atoms with Crippen LogP contribution in [0.15, 0.2) is 18.3 Å². The highest BCUT2D eigenvalue weighted by Gasteiger charge is 2.20.